The van der Waals surface area contributed by atoms with E-state index in [9.17, 15) is 13.2 Å². The Balaban J connectivity index is 1.83. The van der Waals surface area contributed by atoms with Crippen LogP contribution in [0, 0.1) is 0 Å². The molecule has 2 aliphatic heterocycles. The number of piperazine rings is 1. The van der Waals surface area contributed by atoms with Crippen molar-refractivity contribution >= 4 is 16.1 Å². The van der Waals surface area contributed by atoms with Crippen molar-refractivity contribution in [3.8, 4) is 0 Å². The molecule has 0 aromatic carbocycles. The summed E-state index contributed by atoms with van der Waals surface area (Å²) >= 11 is 0. The van der Waals surface area contributed by atoms with E-state index in [2.05, 4.69) is 37.9 Å². The highest BCUT2D eigenvalue weighted by molar-refractivity contribution is 7.89. The van der Waals surface area contributed by atoms with Gasteiger partial charge in [-0.25, -0.2) is 13.2 Å². The molecule has 152 valence electrons. The van der Waals surface area contributed by atoms with Gasteiger partial charge in [0, 0.05) is 51.4 Å². The maximum absolute atomic E-state index is 12.5. The van der Waals surface area contributed by atoms with Gasteiger partial charge in [0.2, 0.25) is 10.0 Å². The van der Waals surface area contributed by atoms with Crippen LogP contribution in [0.2, 0.25) is 0 Å². The van der Waals surface area contributed by atoms with Crippen molar-refractivity contribution in [1.82, 2.24) is 19.4 Å². The lowest BCUT2D eigenvalue weighted by Crippen LogP contribution is -2.60. The van der Waals surface area contributed by atoms with E-state index in [-0.39, 0.29) is 29.5 Å². The highest BCUT2D eigenvalue weighted by Crippen LogP contribution is 2.20. The number of morpholine rings is 1. The highest BCUT2D eigenvalue weighted by atomic mass is 32.2. The van der Waals surface area contributed by atoms with Crippen LogP contribution in [0.3, 0.4) is 0 Å². The number of hydrogen-bond donors (Lipinski definition) is 1. The van der Waals surface area contributed by atoms with Crippen molar-refractivity contribution in [2.45, 2.75) is 52.4 Å². The molecule has 8 nitrogen and oxygen atoms in total. The van der Waals surface area contributed by atoms with Crippen LogP contribution >= 0.6 is 0 Å². The van der Waals surface area contributed by atoms with Gasteiger partial charge in [0.25, 0.3) is 0 Å². The third kappa shape index (κ3) is 5.31. The molecule has 26 heavy (non-hydrogen) atoms. The number of carbonyl (C=O) groups is 1. The molecular formula is C17H34N4O4S. The lowest BCUT2D eigenvalue weighted by atomic mass is 10.00. The first kappa shape index (κ1) is 21.4. The number of nitrogens with one attached hydrogen (secondary N) is 1. The Labute approximate surface area is 157 Å². The first-order chi connectivity index (χ1) is 12.0. The zero-order valence-electron chi connectivity index (χ0n) is 16.7. The highest BCUT2D eigenvalue weighted by Gasteiger charge is 2.34. The predicted octanol–water partition coefficient (Wildman–Crippen LogP) is 0.551. The molecule has 0 bridgehead atoms. The predicted molar refractivity (Wildman–Crippen MR) is 102 cm³/mol. The van der Waals surface area contributed by atoms with Crippen molar-refractivity contribution in [3.63, 3.8) is 0 Å². The molecule has 2 heterocycles. The second kappa shape index (κ2) is 8.41. The van der Waals surface area contributed by atoms with Crippen LogP contribution in [0.25, 0.3) is 0 Å². The second-order valence-electron chi connectivity index (χ2n) is 7.92. The molecule has 2 atom stereocenters. The summed E-state index contributed by atoms with van der Waals surface area (Å²) in [7, 11) is -3.17. The first-order valence-electron chi connectivity index (χ1n) is 9.46. The standard InChI is InChI=1S/C17H34N4O4S/c1-6-26(23,24)21-9-7-19(8-10-21)16(22)18-13-17(4,5)20-11-14(2)25-15(3)12-20/h14-15H,6-13H2,1-5H3,(H,18,22). The lowest BCUT2D eigenvalue weighted by Gasteiger charge is -2.45. The van der Waals surface area contributed by atoms with Crippen LogP contribution in [0.4, 0.5) is 4.79 Å². The van der Waals surface area contributed by atoms with Crippen LogP contribution in [0.15, 0.2) is 0 Å². The minimum atomic E-state index is -3.17. The Morgan fingerprint density at radius 3 is 2.15 bits per heavy atom. The molecule has 0 saturated carbocycles. The van der Waals surface area contributed by atoms with Gasteiger partial charge in [-0.05, 0) is 34.6 Å². The average Bonchev–Trinajstić information content (AvgIpc) is 2.59. The van der Waals surface area contributed by atoms with E-state index in [4.69, 9.17) is 4.74 Å². The van der Waals surface area contributed by atoms with Gasteiger partial charge in [-0.3, -0.25) is 4.90 Å². The van der Waals surface area contributed by atoms with Crippen LogP contribution in [0.5, 0.6) is 0 Å². The smallest absolute Gasteiger partial charge is 0.317 e. The third-order valence-corrected chi connectivity index (χ3v) is 7.11. The number of sulfonamides is 1. The fourth-order valence-corrected chi connectivity index (χ4v) is 4.62. The molecule has 2 saturated heterocycles. The fourth-order valence-electron chi connectivity index (χ4n) is 3.54. The molecule has 0 aromatic rings. The summed E-state index contributed by atoms with van der Waals surface area (Å²) in [5.41, 5.74) is -0.171. The first-order valence-corrected chi connectivity index (χ1v) is 11.1. The summed E-state index contributed by atoms with van der Waals surface area (Å²) in [4.78, 5) is 16.5. The molecule has 0 aromatic heterocycles. The third-order valence-electron chi connectivity index (χ3n) is 5.23. The number of amides is 2. The fraction of sp³-hybridized carbons (Fsp3) is 0.941. The van der Waals surface area contributed by atoms with Crippen LogP contribution in [-0.4, -0.2) is 97.9 Å². The molecular weight excluding hydrogens is 356 g/mol. The summed E-state index contributed by atoms with van der Waals surface area (Å²) in [5, 5.41) is 3.02. The second-order valence-corrected chi connectivity index (χ2v) is 10.2. The van der Waals surface area contributed by atoms with Gasteiger partial charge in [-0.1, -0.05) is 0 Å². The number of ether oxygens (including phenoxy) is 1. The van der Waals surface area contributed by atoms with Crippen molar-refractivity contribution in [3.05, 3.63) is 0 Å². The van der Waals surface area contributed by atoms with E-state index in [1.54, 1.807) is 11.8 Å². The SMILES string of the molecule is CCS(=O)(=O)N1CCN(C(=O)NCC(C)(C)N2CC(C)OC(C)C2)CC1. The number of carbonyl (C=O) groups excluding carboxylic acids is 1. The number of rotatable bonds is 5. The maximum atomic E-state index is 12.5. The Bertz CT molecular complexity index is 578. The summed E-state index contributed by atoms with van der Waals surface area (Å²) in [6.45, 7) is 13.9. The molecule has 0 radical (unpaired) electrons. The minimum Gasteiger partial charge on any atom is -0.373 e. The Kier molecular flexibility index (Phi) is 6.92. The Morgan fingerprint density at radius 2 is 1.65 bits per heavy atom. The van der Waals surface area contributed by atoms with E-state index in [0.29, 0.717) is 32.7 Å². The summed E-state index contributed by atoms with van der Waals surface area (Å²) in [6, 6.07) is -0.124. The largest absolute Gasteiger partial charge is 0.373 e. The van der Waals surface area contributed by atoms with Gasteiger partial charge in [-0.2, -0.15) is 4.31 Å². The average molecular weight is 391 g/mol. The molecule has 2 amide bonds. The number of hydrogen-bond acceptors (Lipinski definition) is 5. The van der Waals surface area contributed by atoms with Gasteiger partial charge < -0.3 is 15.0 Å². The molecule has 0 spiro atoms. The molecule has 1 N–H and O–H groups in total. The molecule has 9 heteroatoms. The zero-order chi connectivity index (χ0) is 19.5. The van der Waals surface area contributed by atoms with E-state index in [0.717, 1.165) is 13.1 Å². The molecule has 2 rings (SSSR count). The summed E-state index contributed by atoms with van der Waals surface area (Å²) < 4.78 is 31.1. The van der Waals surface area contributed by atoms with Gasteiger partial charge >= 0.3 is 6.03 Å². The Morgan fingerprint density at radius 1 is 1.12 bits per heavy atom. The van der Waals surface area contributed by atoms with Crippen molar-refractivity contribution in [2.75, 3.05) is 51.6 Å². The van der Waals surface area contributed by atoms with Gasteiger partial charge in [0.05, 0.1) is 18.0 Å². The van der Waals surface area contributed by atoms with Crippen molar-refractivity contribution < 1.29 is 17.9 Å². The lowest BCUT2D eigenvalue weighted by molar-refractivity contribution is -0.0948. The number of urea groups is 1. The van der Waals surface area contributed by atoms with Gasteiger partial charge in [0.15, 0.2) is 0 Å². The van der Waals surface area contributed by atoms with E-state index in [1.807, 2.05) is 0 Å². The van der Waals surface area contributed by atoms with Crippen molar-refractivity contribution in [2.24, 2.45) is 0 Å². The molecule has 2 fully saturated rings. The normalized spacial score (nSPS) is 26.7. The quantitative estimate of drug-likeness (QED) is 0.741. The Hall–Kier alpha value is -0.900. The summed E-state index contributed by atoms with van der Waals surface area (Å²) in [5.74, 6) is 0.101. The minimum absolute atomic E-state index is 0.101. The van der Waals surface area contributed by atoms with E-state index in [1.165, 1.54) is 4.31 Å². The monoisotopic (exact) mass is 390 g/mol. The van der Waals surface area contributed by atoms with Crippen LogP contribution < -0.4 is 5.32 Å². The van der Waals surface area contributed by atoms with Crippen LogP contribution in [-0.2, 0) is 14.8 Å². The zero-order valence-corrected chi connectivity index (χ0v) is 17.5. The number of nitrogens with zero attached hydrogens (tertiary/aromatic N) is 3. The van der Waals surface area contributed by atoms with E-state index >= 15 is 0 Å². The van der Waals surface area contributed by atoms with E-state index < -0.39 is 10.0 Å². The molecule has 2 unspecified atom stereocenters. The van der Waals surface area contributed by atoms with Crippen molar-refractivity contribution in [1.29, 1.82) is 0 Å². The van der Waals surface area contributed by atoms with Crippen LogP contribution in [0.1, 0.15) is 34.6 Å². The van der Waals surface area contributed by atoms with Gasteiger partial charge in [-0.15, -0.1) is 0 Å². The topological polar surface area (TPSA) is 82.2 Å². The maximum Gasteiger partial charge on any atom is 0.317 e. The molecule has 0 aliphatic carbocycles. The van der Waals surface area contributed by atoms with Gasteiger partial charge in [0.1, 0.15) is 0 Å². The summed E-state index contributed by atoms with van der Waals surface area (Å²) in [6.07, 6.45) is 0.365. The molecule has 2 aliphatic rings.